The van der Waals surface area contributed by atoms with Crippen molar-refractivity contribution in [3.05, 3.63) is 42.4 Å². The van der Waals surface area contributed by atoms with Gasteiger partial charge in [0.2, 0.25) is 0 Å². The number of hydrogen-bond donors (Lipinski definition) is 0. The number of rotatable bonds is 5. The molecule has 19 heavy (non-hydrogen) atoms. The maximum absolute atomic E-state index is 5.26. The molecule has 0 aliphatic heterocycles. The standard InChI is InChI=1S/C14H17N3O2/c1-17(14-9-15-4-5-16-14)10-11-6-12(18-2)8-13(7-11)19-3/h4-9H,10H2,1-3H3. The normalized spacial score (nSPS) is 10.1. The van der Waals surface area contributed by atoms with Crippen molar-refractivity contribution in [1.29, 1.82) is 0 Å². The van der Waals surface area contributed by atoms with Crippen LogP contribution in [0.3, 0.4) is 0 Å². The minimum Gasteiger partial charge on any atom is -0.497 e. The molecule has 5 heteroatoms. The van der Waals surface area contributed by atoms with E-state index in [1.165, 1.54) is 0 Å². The number of methoxy groups -OCH3 is 2. The Morgan fingerprint density at radius 2 is 1.74 bits per heavy atom. The van der Waals surface area contributed by atoms with Crippen molar-refractivity contribution in [2.45, 2.75) is 6.54 Å². The quantitative estimate of drug-likeness (QED) is 0.823. The maximum Gasteiger partial charge on any atom is 0.147 e. The summed E-state index contributed by atoms with van der Waals surface area (Å²) in [6.45, 7) is 0.701. The average Bonchev–Trinajstić information content (AvgIpc) is 2.47. The second kappa shape index (κ2) is 6.04. The van der Waals surface area contributed by atoms with Crippen LogP contribution in [0.1, 0.15) is 5.56 Å². The van der Waals surface area contributed by atoms with Gasteiger partial charge in [0.05, 0.1) is 20.4 Å². The first-order valence-electron chi connectivity index (χ1n) is 5.92. The Balaban J connectivity index is 2.18. The highest BCUT2D eigenvalue weighted by Gasteiger charge is 2.06. The van der Waals surface area contributed by atoms with Crippen LogP contribution < -0.4 is 14.4 Å². The summed E-state index contributed by atoms with van der Waals surface area (Å²) in [5.74, 6) is 2.38. The van der Waals surface area contributed by atoms with Gasteiger partial charge in [-0.05, 0) is 17.7 Å². The van der Waals surface area contributed by atoms with E-state index in [2.05, 4.69) is 9.97 Å². The zero-order valence-corrected chi connectivity index (χ0v) is 11.3. The van der Waals surface area contributed by atoms with E-state index >= 15 is 0 Å². The molecule has 0 radical (unpaired) electrons. The smallest absolute Gasteiger partial charge is 0.147 e. The van der Waals surface area contributed by atoms with Crippen molar-refractivity contribution >= 4 is 5.82 Å². The Labute approximate surface area is 112 Å². The highest BCUT2D eigenvalue weighted by Crippen LogP contribution is 2.23. The Bertz CT molecular complexity index is 509. The van der Waals surface area contributed by atoms with Gasteiger partial charge in [-0.2, -0.15) is 0 Å². The fourth-order valence-corrected chi connectivity index (χ4v) is 1.80. The first-order chi connectivity index (χ1) is 9.22. The first-order valence-corrected chi connectivity index (χ1v) is 5.92. The number of nitrogens with zero attached hydrogens (tertiary/aromatic N) is 3. The predicted molar refractivity (Wildman–Crippen MR) is 73.7 cm³/mol. The van der Waals surface area contributed by atoms with E-state index in [4.69, 9.17) is 9.47 Å². The topological polar surface area (TPSA) is 47.5 Å². The van der Waals surface area contributed by atoms with Gasteiger partial charge < -0.3 is 14.4 Å². The fraction of sp³-hybridized carbons (Fsp3) is 0.286. The Morgan fingerprint density at radius 3 is 2.26 bits per heavy atom. The van der Waals surface area contributed by atoms with Gasteiger partial charge in [0.1, 0.15) is 17.3 Å². The molecule has 1 aromatic carbocycles. The van der Waals surface area contributed by atoms with Gasteiger partial charge in [-0.15, -0.1) is 0 Å². The van der Waals surface area contributed by atoms with E-state index in [9.17, 15) is 0 Å². The first kappa shape index (κ1) is 13.1. The van der Waals surface area contributed by atoms with E-state index in [-0.39, 0.29) is 0 Å². The van der Waals surface area contributed by atoms with Gasteiger partial charge in [-0.1, -0.05) is 0 Å². The molecule has 5 nitrogen and oxygen atoms in total. The van der Waals surface area contributed by atoms with E-state index < -0.39 is 0 Å². The predicted octanol–water partition coefficient (Wildman–Crippen LogP) is 2.13. The molecular formula is C14H17N3O2. The van der Waals surface area contributed by atoms with Crippen molar-refractivity contribution < 1.29 is 9.47 Å². The summed E-state index contributed by atoms with van der Waals surface area (Å²) in [4.78, 5) is 10.3. The number of hydrogen-bond acceptors (Lipinski definition) is 5. The molecule has 0 saturated heterocycles. The lowest BCUT2D eigenvalue weighted by Crippen LogP contribution is -2.17. The molecule has 2 aromatic rings. The Hall–Kier alpha value is -2.30. The monoisotopic (exact) mass is 259 g/mol. The lowest BCUT2D eigenvalue weighted by Gasteiger charge is -2.18. The molecule has 2 rings (SSSR count). The van der Waals surface area contributed by atoms with Gasteiger partial charge in [-0.3, -0.25) is 4.98 Å². The van der Waals surface area contributed by atoms with Gasteiger partial charge >= 0.3 is 0 Å². The molecule has 0 unspecified atom stereocenters. The molecule has 0 aliphatic carbocycles. The zero-order valence-electron chi connectivity index (χ0n) is 11.3. The van der Waals surface area contributed by atoms with Crippen molar-refractivity contribution in [1.82, 2.24) is 9.97 Å². The molecule has 0 fully saturated rings. The second-order valence-corrected chi connectivity index (χ2v) is 4.14. The molecule has 100 valence electrons. The van der Waals surface area contributed by atoms with Crippen LogP contribution in [-0.4, -0.2) is 31.2 Å². The lowest BCUT2D eigenvalue weighted by molar-refractivity contribution is 0.393. The van der Waals surface area contributed by atoms with Gasteiger partial charge in [0, 0.05) is 32.1 Å². The van der Waals surface area contributed by atoms with E-state index in [1.807, 2.05) is 30.1 Å². The maximum atomic E-state index is 5.26. The highest BCUT2D eigenvalue weighted by atomic mass is 16.5. The number of anilines is 1. The summed E-state index contributed by atoms with van der Waals surface area (Å²) >= 11 is 0. The molecule has 0 spiro atoms. The van der Waals surface area contributed by atoms with Crippen LogP contribution in [0.15, 0.2) is 36.8 Å². The van der Waals surface area contributed by atoms with Crippen LogP contribution in [0.2, 0.25) is 0 Å². The molecule has 0 aliphatic rings. The van der Waals surface area contributed by atoms with Crippen molar-refractivity contribution in [3.8, 4) is 11.5 Å². The van der Waals surface area contributed by atoms with Crippen molar-refractivity contribution in [2.75, 3.05) is 26.2 Å². The van der Waals surface area contributed by atoms with E-state index in [1.54, 1.807) is 32.8 Å². The van der Waals surface area contributed by atoms with E-state index in [0.717, 1.165) is 22.9 Å². The molecule has 0 saturated carbocycles. The Kier molecular flexibility index (Phi) is 4.18. The van der Waals surface area contributed by atoms with Gasteiger partial charge in [0.15, 0.2) is 0 Å². The van der Waals surface area contributed by atoms with Crippen LogP contribution in [-0.2, 0) is 6.54 Å². The average molecular weight is 259 g/mol. The molecule has 1 heterocycles. The molecule has 0 amide bonds. The third-order valence-electron chi connectivity index (χ3n) is 2.77. The fourth-order valence-electron chi connectivity index (χ4n) is 1.80. The summed E-state index contributed by atoms with van der Waals surface area (Å²) in [6.07, 6.45) is 5.07. The summed E-state index contributed by atoms with van der Waals surface area (Å²) in [6, 6.07) is 5.82. The van der Waals surface area contributed by atoms with Crippen LogP contribution in [0.5, 0.6) is 11.5 Å². The summed E-state index contributed by atoms with van der Waals surface area (Å²) in [5, 5.41) is 0. The number of ether oxygens (including phenoxy) is 2. The summed E-state index contributed by atoms with van der Waals surface area (Å²) in [5.41, 5.74) is 1.09. The molecule has 0 atom stereocenters. The van der Waals surface area contributed by atoms with Crippen LogP contribution >= 0.6 is 0 Å². The highest BCUT2D eigenvalue weighted by molar-refractivity contribution is 5.42. The molecule has 0 N–H and O–H groups in total. The second-order valence-electron chi connectivity index (χ2n) is 4.14. The van der Waals surface area contributed by atoms with Crippen LogP contribution in [0.4, 0.5) is 5.82 Å². The third-order valence-corrected chi connectivity index (χ3v) is 2.77. The van der Waals surface area contributed by atoms with Crippen molar-refractivity contribution in [3.63, 3.8) is 0 Å². The van der Waals surface area contributed by atoms with Gasteiger partial charge in [-0.25, -0.2) is 4.98 Å². The third kappa shape index (κ3) is 3.34. The number of aromatic nitrogens is 2. The summed E-state index contributed by atoms with van der Waals surface area (Å²) in [7, 11) is 5.26. The lowest BCUT2D eigenvalue weighted by atomic mass is 10.2. The van der Waals surface area contributed by atoms with E-state index in [0.29, 0.717) is 6.54 Å². The largest absolute Gasteiger partial charge is 0.497 e. The van der Waals surface area contributed by atoms with Gasteiger partial charge in [0.25, 0.3) is 0 Å². The zero-order chi connectivity index (χ0) is 13.7. The minimum absolute atomic E-state index is 0.701. The SMILES string of the molecule is COc1cc(CN(C)c2cnccn2)cc(OC)c1. The number of benzene rings is 1. The van der Waals surface area contributed by atoms with Crippen LogP contribution in [0, 0.1) is 0 Å². The Morgan fingerprint density at radius 1 is 1.05 bits per heavy atom. The molecule has 0 bridgehead atoms. The van der Waals surface area contributed by atoms with Crippen molar-refractivity contribution in [2.24, 2.45) is 0 Å². The molecular weight excluding hydrogens is 242 g/mol. The summed E-state index contributed by atoms with van der Waals surface area (Å²) < 4.78 is 10.5. The molecule has 1 aromatic heterocycles. The van der Waals surface area contributed by atoms with Crippen LogP contribution in [0.25, 0.3) is 0 Å². The minimum atomic E-state index is 0.701.